The molecule has 1 aromatic rings. The molecule has 150 valence electrons. The third-order valence-electron chi connectivity index (χ3n) is 4.42. The number of piperazine rings is 1. The van der Waals surface area contributed by atoms with Gasteiger partial charge in [0.15, 0.2) is 0 Å². The largest absolute Gasteiger partial charge is 0.481 e. The Labute approximate surface area is 155 Å². The Balaban J connectivity index is 1.88. The summed E-state index contributed by atoms with van der Waals surface area (Å²) in [6, 6.07) is 8.67. The Morgan fingerprint density at radius 2 is 1.74 bits per heavy atom. The molecular formula is C18H24F3N3O3. The number of nitrogens with one attached hydrogen (secondary N) is 1. The van der Waals surface area contributed by atoms with Crippen molar-refractivity contribution < 1.29 is 27.9 Å². The minimum atomic E-state index is -4.25. The van der Waals surface area contributed by atoms with E-state index in [0.29, 0.717) is 6.42 Å². The second-order valence-corrected chi connectivity index (χ2v) is 6.65. The summed E-state index contributed by atoms with van der Waals surface area (Å²) in [5.74, 6) is -0.942. The van der Waals surface area contributed by atoms with Crippen LogP contribution in [0.25, 0.3) is 0 Å². The Hall–Kier alpha value is -2.29. The number of aliphatic carboxylic acids is 1. The number of alkyl halides is 3. The lowest BCUT2D eigenvalue weighted by molar-refractivity contribution is -0.148. The van der Waals surface area contributed by atoms with E-state index in [4.69, 9.17) is 5.11 Å². The Kier molecular flexibility index (Phi) is 7.46. The van der Waals surface area contributed by atoms with Crippen LogP contribution < -0.4 is 5.32 Å². The molecule has 1 aliphatic heterocycles. The topological polar surface area (TPSA) is 72.9 Å². The van der Waals surface area contributed by atoms with Crippen LogP contribution in [0.3, 0.4) is 0 Å². The molecule has 1 saturated heterocycles. The van der Waals surface area contributed by atoms with Crippen molar-refractivity contribution in [1.29, 1.82) is 0 Å². The summed E-state index contributed by atoms with van der Waals surface area (Å²) >= 11 is 0. The highest BCUT2D eigenvalue weighted by Crippen LogP contribution is 2.17. The number of carboxylic acid groups (broad SMARTS) is 1. The van der Waals surface area contributed by atoms with E-state index in [2.05, 4.69) is 5.32 Å². The van der Waals surface area contributed by atoms with Gasteiger partial charge in [0.1, 0.15) is 0 Å². The first-order chi connectivity index (χ1) is 12.7. The van der Waals surface area contributed by atoms with E-state index in [1.54, 1.807) is 0 Å². The van der Waals surface area contributed by atoms with Crippen molar-refractivity contribution in [2.75, 3.05) is 32.7 Å². The average molecular weight is 387 g/mol. The van der Waals surface area contributed by atoms with Crippen LogP contribution in [-0.2, 0) is 11.2 Å². The van der Waals surface area contributed by atoms with Crippen LogP contribution in [0.15, 0.2) is 30.3 Å². The maximum Gasteiger partial charge on any atom is 0.401 e. The maximum absolute atomic E-state index is 12.5. The van der Waals surface area contributed by atoms with Gasteiger partial charge in [-0.1, -0.05) is 30.3 Å². The quantitative estimate of drug-likeness (QED) is 0.753. The second kappa shape index (κ2) is 9.59. The number of carboxylic acids is 1. The van der Waals surface area contributed by atoms with Gasteiger partial charge >= 0.3 is 18.2 Å². The van der Waals surface area contributed by atoms with Crippen molar-refractivity contribution in [3.63, 3.8) is 0 Å². The van der Waals surface area contributed by atoms with E-state index in [1.165, 1.54) is 9.80 Å². The number of hydrogen-bond acceptors (Lipinski definition) is 3. The molecule has 1 atom stereocenters. The lowest BCUT2D eigenvalue weighted by Gasteiger charge is -2.35. The summed E-state index contributed by atoms with van der Waals surface area (Å²) in [6.45, 7) is -0.244. The highest BCUT2D eigenvalue weighted by molar-refractivity contribution is 5.75. The molecule has 6 nitrogen and oxygen atoms in total. The fourth-order valence-electron chi connectivity index (χ4n) is 3.05. The number of amides is 2. The summed E-state index contributed by atoms with van der Waals surface area (Å²) in [6.07, 6.45) is -3.54. The van der Waals surface area contributed by atoms with E-state index in [-0.39, 0.29) is 51.1 Å². The molecule has 2 N–H and O–H groups in total. The van der Waals surface area contributed by atoms with Crippen molar-refractivity contribution in [2.45, 2.75) is 31.5 Å². The van der Waals surface area contributed by atoms with Crippen molar-refractivity contribution >= 4 is 12.0 Å². The molecule has 2 rings (SSSR count). The average Bonchev–Trinajstić information content (AvgIpc) is 2.59. The lowest BCUT2D eigenvalue weighted by atomic mass is 10.0. The number of carbonyl (C=O) groups excluding carboxylic acids is 1. The van der Waals surface area contributed by atoms with Crippen LogP contribution in [0.5, 0.6) is 0 Å². The predicted molar refractivity (Wildman–Crippen MR) is 93.4 cm³/mol. The molecule has 27 heavy (non-hydrogen) atoms. The number of urea groups is 1. The lowest BCUT2D eigenvalue weighted by Crippen LogP contribution is -2.55. The van der Waals surface area contributed by atoms with E-state index in [0.717, 1.165) is 5.56 Å². The Morgan fingerprint density at radius 3 is 2.30 bits per heavy atom. The van der Waals surface area contributed by atoms with E-state index in [9.17, 15) is 22.8 Å². The monoisotopic (exact) mass is 387 g/mol. The molecule has 1 heterocycles. The fourth-order valence-corrected chi connectivity index (χ4v) is 3.05. The molecule has 0 saturated carbocycles. The Morgan fingerprint density at radius 1 is 1.11 bits per heavy atom. The zero-order chi connectivity index (χ0) is 19.9. The number of carbonyl (C=O) groups is 2. The highest BCUT2D eigenvalue weighted by atomic mass is 19.4. The zero-order valence-corrected chi connectivity index (χ0v) is 14.9. The van der Waals surface area contributed by atoms with Gasteiger partial charge in [-0.25, -0.2) is 4.79 Å². The number of halogens is 3. The molecule has 1 unspecified atom stereocenters. The standard InChI is InChI=1S/C18H24F3N3O3/c19-18(20,21)13-23-8-10-24(11-9-23)17(27)22-15(6-7-16(25)26)12-14-4-2-1-3-5-14/h1-5,15H,6-13H2,(H,22,27)(H,25,26). The summed E-state index contributed by atoms with van der Waals surface area (Å²) < 4.78 is 37.3. The first kappa shape index (κ1) is 21.0. The third-order valence-corrected chi connectivity index (χ3v) is 4.42. The molecule has 0 spiro atoms. The molecule has 1 aromatic carbocycles. The molecule has 1 aliphatic rings. The molecule has 0 bridgehead atoms. The van der Waals surface area contributed by atoms with Crippen molar-refractivity contribution in [2.24, 2.45) is 0 Å². The van der Waals surface area contributed by atoms with Gasteiger partial charge in [-0.3, -0.25) is 9.69 Å². The molecule has 2 amide bonds. The van der Waals surface area contributed by atoms with Crippen LogP contribution in [-0.4, -0.2) is 71.8 Å². The first-order valence-corrected chi connectivity index (χ1v) is 8.83. The number of hydrogen-bond donors (Lipinski definition) is 2. The SMILES string of the molecule is O=C(O)CCC(Cc1ccccc1)NC(=O)N1CCN(CC(F)(F)F)CC1. The van der Waals surface area contributed by atoms with Crippen molar-refractivity contribution in [1.82, 2.24) is 15.1 Å². The minimum absolute atomic E-state index is 0.0723. The van der Waals surface area contributed by atoms with Gasteiger partial charge in [0.25, 0.3) is 0 Å². The number of benzene rings is 1. The molecule has 0 aliphatic carbocycles. The molecule has 0 aromatic heterocycles. The summed E-state index contributed by atoms with van der Waals surface area (Å²) in [5.41, 5.74) is 0.975. The van der Waals surface area contributed by atoms with E-state index in [1.807, 2.05) is 30.3 Å². The highest BCUT2D eigenvalue weighted by Gasteiger charge is 2.33. The summed E-state index contributed by atoms with van der Waals surface area (Å²) in [5, 5.41) is 11.7. The zero-order valence-electron chi connectivity index (χ0n) is 14.9. The van der Waals surface area contributed by atoms with Gasteiger partial charge in [0.2, 0.25) is 0 Å². The smallest absolute Gasteiger partial charge is 0.401 e. The van der Waals surface area contributed by atoms with E-state index < -0.39 is 18.7 Å². The van der Waals surface area contributed by atoms with Crippen LogP contribution in [0.4, 0.5) is 18.0 Å². The predicted octanol–water partition coefficient (Wildman–Crippen LogP) is 2.35. The fraction of sp³-hybridized carbons (Fsp3) is 0.556. The van der Waals surface area contributed by atoms with Gasteiger partial charge < -0.3 is 15.3 Å². The minimum Gasteiger partial charge on any atom is -0.481 e. The van der Waals surface area contributed by atoms with Crippen molar-refractivity contribution in [3.05, 3.63) is 35.9 Å². The van der Waals surface area contributed by atoms with Crippen LogP contribution in [0.1, 0.15) is 18.4 Å². The molecule has 9 heteroatoms. The first-order valence-electron chi connectivity index (χ1n) is 8.83. The maximum atomic E-state index is 12.5. The summed E-state index contributed by atoms with van der Waals surface area (Å²) in [4.78, 5) is 26.1. The summed E-state index contributed by atoms with van der Waals surface area (Å²) in [7, 11) is 0. The van der Waals surface area contributed by atoms with Crippen LogP contribution in [0, 0.1) is 0 Å². The number of nitrogens with zero attached hydrogens (tertiary/aromatic N) is 2. The second-order valence-electron chi connectivity index (χ2n) is 6.65. The van der Waals surface area contributed by atoms with Gasteiger partial charge in [-0.05, 0) is 18.4 Å². The number of rotatable bonds is 7. The van der Waals surface area contributed by atoms with E-state index >= 15 is 0 Å². The molecule has 0 radical (unpaired) electrons. The van der Waals surface area contributed by atoms with Gasteiger partial charge in [0.05, 0.1) is 6.54 Å². The van der Waals surface area contributed by atoms with Crippen molar-refractivity contribution in [3.8, 4) is 0 Å². The molecule has 1 fully saturated rings. The van der Waals surface area contributed by atoms with Crippen LogP contribution in [0.2, 0.25) is 0 Å². The third kappa shape index (κ3) is 7.86. The van der Waals surface area contributed by atoms with Gasteiger partial charge in [0, 0.05) is 38.6 Å². The van der Waals surface area contributed by atoms with Gasteiger partial charge in [-0.15, -0.1) is 0 Å². The normalized spacial score (nSPS) is 16.8. The molecular weight excluding hydrogens is 363 g/mol. The van der Waals surface area contributed by atoms with Gasteiger partial charge in [-0.2, -0.15) is 13.2 Å². The van der Waals surface area contributed by atoms with Crippen LogP contribution >= 0.6 is 0 Å². The Bertz CT molecular complexity index is 617.